The fourth-order valence-corrected chi connectivity index (χ4v) is 2.86. The number of carbonyl (C=O) groups is 1. The molecule has 0 saturated carbocycles. The number of ether oxygens (including phenoxy) is 1. The van der Waals surface area contributed by atoms with Gasteiger partial charge in [0.2, 0.25) is 5.91 Å². The van der Waals surface area contributed by atoms with Crippen LogP contribution in [0.5, 0.6) is 0 Å². The number of morpholine rings is 1. The van der Waals surface area contributed by atoms with Crippen LogP contribution < -0.4 is 5.32 Å². The van der Waals surface area contributed by atoms with E-state index in [4.69, 9.17) is 4.74 Å². The molecule has 110 valence electrons. The molecule has 0 radical (unpaired) electrons. The number of aryl methyl sites for hydroxylation is 2. The maximum absolute atomic E-state index is 12.1. The highest BCUT2D eigenvalue weighted by molar-refractivity contribution is 5.92. The van der Waals surface area contributed by atoms with Gasteiger partial charge in [0.15, 0.2) is 0 Å². The number of rotatable bonds is 3. The lowest BCUT2D eigenvalue weighted by Gasteiger charge is -2.34. The predicted molar refractivity (Wildman–Crippen MR) is 81.0 cm³/mol. The molecule has 0 bridgehead atoms. The van der Waals surface area contributed by atoms with Gasteiger partial charge in [-0.1, -0.05) is 6.07 Å². The number of anilines is 1. The Bertz CT molecular complexity index is 457. The molecule has 0 aliphatic carbocycles. The number of nitrogens with one attached hydrogen (secondary N) is 1. The largest absolute Gasteiger partial charge is 0.373 e. The first-order chi connectivity index (χ1) is 9.42. The van der Waals surface area contributed by atoms with Crippen molar-refractivity contribution in [2.75, 3.05) is 25.0 Å². The zero-order valence-corrected chi connectivity index (χ0v) is 12.8. The molecule has 1 aliphatic rings. The van der Waals surface area contributed by atoms with E-state index in [1.807, 2.05) is 39.8 Å². The van der Waals surface area contributed by atoms with Crippen molar-refractivity contribution >= 4 is 11.6 Å². The second-order valence-electron chi connectivity index (χ2n) is 5.88. The summed E-state index contributed by atoms with van der Waals surface area (Å²) < 4.78 is 5.67. The molecule has 1 aliphatic heterocycles. The summed E-state index contributed by atoms with van der Waals surface area (Å²) in [6.45, 7) is 10.2. The highest BCUT2D eigenvalue weighted by Crippen LogP contribution is 2.14. The number of benzene rings is 1. The Morgan fingerprint density at radius 1 is 1.20 bits per heavy atom. The molecular weight excluding hydrogens is 252 g/mol. The smallest absolute Gasteiger partial charge is 0.238 e. The van der Waals surface area contributed by atoms with E-state index in [1.54, 1.807) is 0 Å². The fraction of sp³-hybridized carbons (Fsp3) is 0.562. The third-order valence-electron chi connectivity index (χ3n) is 3.37. The van der Waals surface area contributed by atoms with Crippen molar-refractivity contribution in [3.05, 3.63) is 29.3 Å². The molecule has 4 nitrogen and oxygen atoms in total. The Morgan fingerprint density at radius 3 is 2.30 bits per heavy atom. The minimum atomic E-state index is 0.0382. The second-order valence-corrected chi connectivity index (χ2v) is 5.88. The first-order valence-corrected chi connectivity index (χ1v) is 7.18. The standard InChI is InChI=1S/C16H24N2O2/c1-11-5-12(2)7-15(6-11)17-16(19)10-18-8-13(3)20-14(4)9-18/h5-7,13-14H,8-10H2,1-4H3,(H,17,19). The normalized spacial score (nSPS) is 23.6. The van der Waals surface area contributed by atoms with Crippen LogP contribution in [0, 0.1) is 13.8 Å². The molecule has 2 rings (SSSR count). The summed E-state index contributed by atoms with van der Waals surface area (Å²) in [7, 11) is 0. The number of amides is 1. The third-order valence-corrected chi connectivity index (χ3v) is 3.37. The topological polar surface area (TPSA) is 41.6 Å². The van der Waals surface area contributed by atoms with E-state index >= 15 is 0 Å². The molecule has 1 amide bonds. The maximum Gasteiger partial charge on any atom is 0.238 e. The maximum atomic E-state index is 12.1. The van der Waals surface area contributed by atoms with Gasteiger partial charge in [-0.05, 0) is 51.0 Å². The Labute approximate surface area is 121 Å². The molecule has 1 aromatic rings. The molecule has 1 N–H and O–H groups in total. The monoisotopic (exact) mass is 276 g/mol. The van der Waals surface area contributed by atoms with Crippen molar-refractivity contribution in [2.45, 2.75) is 39.9 Å². The lowest BCUT2D eigenvalue weighted by Crippen LogP contribution is -2.48. The van der Waals surface area contributed by atoms with Crippen molar-refractivity contribution in [1.29, 1.82) is 0 Å². The van der Waals surface area contributed by atoms with Gasteiger partial charge >= 0.3 is 0 Å². The molecule has 1 fully saturated rings. The van der Waals surface area contributed by atoms with E-state index in [9.17, 15) is 4.79 Å². The van der Waals surface area contributed by atoms with Crippen LogP contribution in [0.15, 0.2) is 18.2 Å². The quantitative estimate of drug-likeness (QED) is 0.921. The summed E-state index contributed by atoms with van der Waals surface area (Å²) in [5.41, 5.74) is 3.20. The molecule has 1 heterocycles. The van der Waals surface area contributed by atoms with Crippen LogP contribution >= 0.6 is 0 Å². The van der Waals surface area contributed by atoms with Crippen LogP contribution in [0.4, 0.5) is 5.69 Å². The average Bonchev–Trinajstić information content (AvgIpc) is 2.24. The SMILES string of the molecule is Cc1cc(C)cc(NC(=O)CN2CC(C)OC(C)C2)c1. The first kappa shape index (κ1) is 15.0. The van der Waals surface area contributed by atoms with Gasteiger partial charge in [-0.3, -0.25) is 9.69 Å². The summed E-state index contributed by atoms with van der Waals surface area (Å²) >= 11 is 0. The molecule has 4 heteroatoms. The van der Waals surface area contributed by atoms with Crippen molar-refractivity contribution < 1.29 is 9.53 Å². The molecule has 1 saturated heterocycles. The lowest BCUT2D eigenvalue weighted by atomic mass is 10.1. The van der Waals surface area contributed by atoms with E-state index < -0.39 is 0 Å². The Hall–Kier alpha value is -1.39. The van der Waals surface area contributed by atoms with Gasteiger partial charge in [0.1, 0.15) is 0 Å². The van der Waals surface area contributed by atoms with E-state index in [2.05, 4.69) is 16.3 Å². The third kappa shape index (κ3) is 4.32. The van der Waals surface area contributed by atoms with E-state index in [0.717, 1.165) is 29.9 Å². The summed E-state index contributed by atoms with van der Waals surface area (Å²) in [4.78, 5) is 14.3. The van der Waals surface area contributed by atoms with Crippen molar-refractivity contribution in [3.8, 4) is 0 Å². The van der Waals surface area contributed by atoms with Gasteiger partial charge < -0.3 is 10.1 Å². The number of carbonyl (C=O) groups excluding carboxylic acids is 1. The molecular formula is C16H24N2O2. The van der Waals surface area contributed by atoms with Gasteiger partial charge in [0.25, 0.3) is 0 Å². The van der Waals surface area contributed by atoms with Crippen molar-refractivity contribution in [2.24, 2.45) is 0 Å². The minimum absolute atomic E-state index is 0.0382. The fourth-order valence-electron chi connectivity index (χ4n) is 2.86. The summed E-state index contributed by atoms with van der Waals surface area (Å²) in [6.07, 6.45) is 0.375. The van der Waals surface area contributed by atoms with Gasteiger partial charge in [0.05, 0.1) is 18.8 Å². The lowest BCUT2D eigenvalue weighted by molar-refractivity contribution is -0.121. The zero-order valence-electron chi connectivity index (χ0n) is 12.8. The zero-order chi connectivity index (χ0) is 14.7. The predicted octanol–water partition coefficient (Wildman–Crippen LogP) is 2.35. The van der Waals surface area contributed by atoms with Gasteiger partial charge in [0, 0.05) is 18.8 Å². The first-order valence-electron chi connectivity index (χ1n) is 7.18. The molecule has 0 aromatic heterocycles. The Kier molecular flexibility index (Phi) is 4.78. The minimum Gasteiger partial charge on any atom is -0.373 e. The van der Waals surface area contributed by atoms with Crippen LogP contribution in [0.1, 0.15) is 25.0 Å². The van der Waals surface area contributed by atoms with Crippen LogP contribution in [-0.2, 0) is 9.53 Å². The molecule has 1 aromatic carbocycles. The van der Waals surface area contributed by atoms with Crippen LogP contribution in [-0.4, -0.2) is 42.6 Å². The summed E-state index contributed by atoms with van der Waals surface area (Å²) in [5.74, 6) is 0.0382. The second kappa shape index (κ2) is 6.37. The van der Waals surface area contributed by atoms with Crippen LogP contribution in [0.2, 0.25) is 0 Å². The van der Waals surface area contributed by atoms with Crippen LogP contribution in [0.25, 0.3) is 0 Å². The number of nitrogens with zero attached hydrogens (tertiary/aromatic N) is 1. The summed E-state index contributed by atoms with van der Waals surface area (Å²) in [5, 5.41) is 2.98. The van der Waals surface area contributed by atoms with Gasteiger partial charge in [-0.15, -0.1) is 0 Å². The highest BCUT2D eigenvalue weighted by atomic mass is 16.5. The van der Waals surface area contributed by atoms with Crippen LogP contribution in [0.3, 0.4) is 0 Å². The Morgan fingerprint density at radius 2 is 1.75 bits per heavy atom. The molecule has 0 spiro atoms. The molecule has 20 heavy (non-hydrogen) atoms. The number of hydrogen-bond acceptors (Lipinski definition) is 3. The van der Waals surface area contributed by atoms with E-state index in [-0.39, 0.29) is 18.1 Å². The number of hydrogen-bond donors (Lipinski definition) is 1. The Balaban J connectivity index is 1.92. The van der Waals surface area contributed by atoms with Crippen molar-refractivity contribution in [1.82, 2.24) is 4.90 Å². The van der Waals surface area contributed by atoms with E-state index in [0.29, 0.717) is 6.54 Å². The molecule has 2 atom stereocenters. The van der Waals surface area contributed by atoms with Crippen molar-refractivity contribution in [3.63, 3.8) is 0 Å². The van der Waals surface area contributed by atoms with E-state index in [1.165, 1.54) is 0 Å². The van der Waals surface area contributed by atoms with Gasteiger partial charge in [-0.2, -0.15) is 0 Å². The van der Waals surface area contributed by atoms with Gasteiger partial charge in [-0.25, -0.2) is 0 Å². The average molecular weight is 276 g/mol. The summed E-state index contributed by atoms with van der Waals surface area (Å²) in [6, 6.07) is 6.09. The highest BCUT2D eigenvalue weighted by Gasteiger charge is 2.23. The molecule has 2 unspecified atom stereocenters.